The largest absolute Gasteiger partial charge is 0.408 e. The molecular weight excluding hydrogens is 309 g/mol. The predicted octanol–water partition coefficient (Wildman–Crippen LogP) is 2.19. The lowest BCUT2D eigenvalue weighted by atomic mass is 9.92. The summed E-state index contributed by atoms with van der Waals surface area (Å²) in [6.07, 6.45) is -0.447. The SMILES string of the molecule is C[C@H]1C[C@@H](C(=O)Nc2cnn(CC(F)(F)F)c2)CCN1.Cl. The Morgan fingerprint density at radius 1 is 1.57 bits per heavy atom. The lowest BCUT2D eigenvalue weighted by Crippen LogP contribution is -2.40. The first kappa shape index (κ1) is 17.8. The van der Waals surface area contributed by atoms with Crippen molar-refractivity contribution in [2.24, 2.45) is 5.92 Å². The average Bonchev–Trinajstić information content (AvgIpc) is 2.74. The molecule has 2 rings (SSSR count). The van der Waals surface area contributed by atoms with Crippen molar-refractivity contribution in [1.29, 1.82) is 0 Å². The van der Waals surface area contributed by atoms with Gasteiger partial charge in [-0.2, -0.15) is 18.3 Å². The highest BCUT2D eigenvalue weighted by atomic mass is 35.5. The number of aromatic nitrogens is 2. The predicted molar refractivity (Wildman–Crippen MR) is 74.3 cm³/mol. The van der Waals surface area contributed by atoms with Crippen molar-refractivity contribution in [3.8, 4) is 0 Å². The van der Waals surface area contributed by atoms with Crippen LogP contribution in [-0.4, -0.2) is 34.5 Å². The van der Waals surface area contributed by atoms with Crippen LogP contribution in [0.4, 0.5) is 18.9 Å². The maximum Gasteiger partial charge on any atom is 0.408 e. The smallest absolute Gasteiger partial charge is 0.323 e. The minimum atomic E-state index is -4.32. The van der Waals surface area contributed by atoms with Gasteiger partial charge in [0.2, 0.25) is 5.91 Å². The first-order valence-corrected chi connectivity index (χ1v) is 6.47. The fraction of sp³-hybridized carbons (Fsp3) is 0.667. The van der Waals surface area contributed by atoms with Crippen LogP contribution in [0.5, 0.6) is 0 Å². The molecule has 0 spiro atoms. The molecule has 1 aromatic rings. The quantitative estimate of drug-likeness (QED) is 0.895. The Kier molecular flexibility index (Phi) is 6.03. The highest BCUT2D eigenvalue weighted by Gasteiger charge is 2.29. The van der Waals surface area contributed by atoms with Gasteiger partial charge in [0.1, 0.15) is 6.54 Å². The van der Waals surface area contributed by atoms with Crippen molar-refractivity contribution in [3.05, 3.63) is 12.4 Å². The molecule has 0 aromatic carbocycles. The molecule has 1 saturated heterocycles. The Bertz CT molecular complexity index is 477. The molecule has 1 fully saturated rings. The lowest BCUT2D eigenvalue weighted by molar-refractivity contribution is -0.142. The van der Waals surface area contributed by atoms with Crippen molar-refractivity contribution >= 4 is 24.0 Å². The van der Waals surface area contributed by atoms with Gasteiger partial charge in [0, 0.05) is 18.2 Å². The Morgan fingerprint density at radius 2 is 2.29 bits per heavy atom. The third kappa shape index (κ3) is 5.55. The lowest BCUT2D eigenvalue weighted by Gasteiger charge is -2.26. The number of nitrogens with zero attached hydrogens (tertiary/aromatic N) is 2. The molecule has 2 N–H and O–H groups in total. The number of hydrogen-bond donors (Lipinski definition) is 2. The van der Waals surface area contributed by atoms with Crippen molar-refractivity contribution in [3.63, 3.8) is 0 Å². The van der Waals surface area contributed by atoms with Gasteiger partial charge < -0.3 is 10.6 Å². The maximum atomic E-state index is 12.2. The minimum Gasteiger partial charge on any atom is -0.323 e. The first-order chi connectivity index (χ1) is 9.33. The molecule has 2 heterocycles. The van der Waals surface area contributed by atoms with E-state index >= 15 is 0 Å². The molecule has 0 bridgehead atoms. The van der Waals surface area contributed by atoms with Crippen LogP contribution in [0.15, 0.2) is 12.4 Å². The van der Waals surface area contributed by atoms with Crippen LogP contribution in [0.3, 0.4) is 0 Å². The second-order valence-electron chi connectivity index (χ2n) is 5.11. The van der Waals surface area contributed by atoms with E-state index in [-0.39, 0.29) is 30.3 Å². The zero-order chi connectivity index (χ0) is 14.8. The number of piperidine rings is 1. The summed E-state index contributed by atoms with van der Waals surface area (Å²) in [5, 5.41) is 9.44. The van der Waals surface area contributed by atoms with Crippen LogP contribution in [0.1, 0.15) is 19.8 Å². The first-order valence-electron chi connectivity index (χ1n) is 6.47. The van der Waals surface area contributed by atoms with Gasteiger partial charge in [0.15, 0.2) is 0 Å². The van der Waals surface area contributed by atoms with E-state index in [2.05, 4.69) is 15.7 Å². The Balaban J connectivity index is 0.00000220. The van der Waals surface area contributed by atoms with Gasteiger partial charge in [0.25, 0.3) is 0 Å². The van der Waals surface area contributed by atoms with Gasteiger partial charge in [-0.15, -0.1) is 12.4 Å². The summed E-state index contributed by atoms with van der Waals surface area (Å²) in [5.41, 5.74) is 0.297. The van der Waals surface area contributed by atoms with Crippen molar-refractivity contribution < 1.29 is 18.0 Å². The van der Waals surface area contributed by atoms with E-state index in [0.29, 0.717) is 5.69 Å². The van der Waals surface area contributed by atoms with E-state index in [4.69, 9.17) is 0 Å². The van der Waals surface area contributed by atoms with Crippen molar-refractivity contribution in [2.75, 3.05) is 11.9 Å². The number of alkyl halides is 3. The monoisotopic (exact) mass is 326 g/mol. The molecule has 1 aliphatic heterocycles. The average molecular weight is 327 g/mol. The van der Waals surface area contributed by atoms with E-state index in [1.807, 2.05) is 6.92 Å². The van der Waals surface area contributed by atoms with Gasteiger partial charge in [-0.3, -0.25) is 9.48 Å². The fourth-order valence-electron chi connectivity index (χ4n) is 2.31. The Labute approximate surface area is 126 Å². The molecule has 120 valence electrons. The third-order valence-electron chi connectivity index (χ3n) is 3.24. The number of anilines is 1. The number of rotatable bonds is 3. The number of nitrogens with one attached hydrogen (secondary N) is 2. The van der Waals surface area contributed by atoms with Gasteiger partial charge in [-0.1, -0.05) is 0 Å². The third-order valence-corrected chi connectivity index (χ3v) is 3.24. The molecule has 1 aromatic heterocycles. The molecule has 0 saturated carbocycles. The Morgan fingerprint density at radius 3 is 2.90 bits per heavy atom. The maximum absolute atomic E-state index is 12.2. The summed E-state index contributed by atoms with van der Waals surface area (Å²) in [7, 11) is 0. The molecule has 1 aliphatic rings. The molecule has 1 amide bonds. The van der Waals surface area contributed by atoms with Crippen LogP contribution in [0.25, 0.3) is 0 Å². The van der Waals surface area contributed by atoms with Gasteiger partial charge >= 0.3 is 6.18 Å². The van der Waals surface area contributed by atoms with Crippen LogP contribution < -0.4 is 10.6 Å². The number of halogens is 4. The van der Waals surface area contributed by atoms with E-state index in [1.165, 1.54) is 12.4 Å². The molecule has 2 atom stereocenters. The van der Waals surface area contributed by atoms with Crippen LogP contribution in [0.2, 0.25) is 0 Å². The molecule has 0 radical (unpaired) electrons. The van der Waals surface area contributed by atoms with E-state index in [1.54, 1.807) is 0 Å². The summed E-state index contributed by atoms with van der Waals surface area (Å²) in [6.45, 7) is 1.61. The van der Waals surface area contributed by atoms with E-state index in [9.17, 15) is 18.0 Å². The molecular formula is C12H18ClF3N4O. The van der Waals surface area contributed by atoms with Gasteiger partial charge in [0.05, 0.1) is 11.9 Å². The second-order valence-corrected chi connectivity index (χ2v) is 5.11. The molecule has 9 heteroatoms. The zero-order valence-corrected chi connectivity index (χ0v) is 12.3. The highest BCUT2D eigenvalue weighted by molar-refractivity contribution is 5.92. The van der Waals surface area contributed by atoms with Crippen molar-refractivity contribution in [2.45, 2.75) is 38.5 Å². The minimum absolute atomic E-state index is 0. The molecule has 21 heavy (non-hydrogen) atoms. The summed E-state index contributed by atoms with van der Waals surface area (Å²) >= 11 is 0. The van der Waals surface area contributed by atoms with Gasteiger partial charge in [-0.25, -0.2) is 0 Å². The Hall–Kier alpha value is -1.28. The van der Waals surface area contributed by atoms with E-state index in [0.717, 1.165) is 24.1 Å². The summed E-state index contributed by atoms with van der Waals surface area (Å²) < 4.78 is 37.3. The molecule has 5 nitrogen and oxygen atoms in total. The van der Waals surface area contributed by atoms with Gasteiger partial charge in [-0.05, 0) is 26.3 Å². The summed E-state index contributed by atoms with van der Waals surface area (Å²) in [5.74, 6) is -0.276. The van der Waals surface area contributed by atoms with Crippen LogP contribution in [0, 0.1) is 5.92 Å². The second kappa shape index (κ2) is 7.13. The molecule has 0 aliphatic carbocycles. The zero-order valence-electron chi connectivity index (χ0n) is 11.5. The number of hydrogen-bond acceptors (Lipinski definition) is 3. The molecule has 0 unspecified atom stereocenters. The normalized spacial score (nSPS) is 22.5. The standard InChI is InChI=1S/C12H17F3N4O.ClH/c1-8-4-9(2-3-16-8)11(20)18-10-5-17-19(6-10)7-12(13,14)15;/h5-6,8-9,16H,2-4,7H2,1H3,(H,18,20);1H/t8-,9-;/m0./s1. The summed E-state index contributed by atoms with van der Waals surface area (Å²) in [6, 6.07) is 0.271. The number of amides is 1. The summed E-state index contributed by atoms with van der Waals surface area (Å²) in [4.78, 5) is 12.0. The van der Waals surface area contributed by atoms with Crippen molar-refractivity contribution in [1.82, 2.24) is 15.1 Å². The van der Waals surface area contributed by atoms with E-state index < -0.39 is 12.7 Å². The highest BCUT2D eigenvalue weighted by Crippen LogP contribution is 2.20. The topological polar surface area (TPSA) is 59.0 Å². The number of carbonyl (C=O) groups excluding carboxylic acids is 1. The van der Waals surface area contributed by atoms with Crippen LogP contribution >= 0.6 is 12.4 Å². The number of carbonyl (C=O) groups is 1. The van der Waals surface area contributed by atoms with Crippen LogP contribution in [-0.2, 0) is 11.3 Å². The fourth-order valence-corrected chi connectivity index (χ4v) is 2.31.